The van der Waals surface area contributed by atoms with Gasteiger partial charge in [-0.15, -0.1) is 0 Å². The van der Waals surface area contributed by atoms with Gasteiger partial charge in [0.15, 0.2) is 0 Å². The number of rotatable bonds is 6. The van der Waals surface area contributed by atoms with E-state index in [0.29, 0.717) is 22.8 Å². The Morgan fingerprint density at radius 1 is 1.18 bits per heavy atom. The van der Waals surface area contributed by atoms with E-state index in [9.17, 15) is 14.9 Å². The molecule has 1 aromatic heterocycles. The summed E-state index contributed by atoms with van der Waals surface area (Å²) in [5, 5.41) is 18.5. The second-order valence-corrected chi connectivity index (χ2v) is 6.46. The number of aromatic nitrogens is 2. The van der Waals surface area contributed by atoms with Crippen molar-refractivity contribution in [3.05, 3.63) is 70.4 Å². The zero-order valence-electron chi connectivity index (χ0n) is 15.7. The van der Waals surface area contributed by atoms with Gasteiger partial charge in [-0.05, 0) is 50.2 Å². The van der Waals surface area contributed by atoms with Gasteiger partial charge in [-0.2, -0.15) is 5.10 Å². The number of nitro benzene ring substituents is 1. The molecule has 1 N–H and O–H groups in total. The van der Waals surface area contributed by atoms with Gasteiger partial charge in [0.25, 0.3) is 11.6 Å². The van der Waals surface area contributed by atoms with E-state index in [1.807, 2.05) is 26.0 Å². The number of methoxy groups -OCH3 is 1. The van der Waals surface area contributed by atoms with Gasteiger partial charge in [0.1, 0.15) is 11.4 Å². The van der Waals surface area contributed by atoms with Crippen molar-refractivity contribution in [3.63, 3.8) is 0 Å². The molecular weight excluding hydrogens is 360 g/mol. The van der Waals surface area contributed by atoms with Gasteiger partial charge in [-0.1, -0.05) is 6.07 Å². The van der Waals surface area contributed by atoms with Gasteiger partial charge in [0, 0.05) is 23.7 Å². The Bertz CT molecular complexity index is 1010. The molecule has 28 heavy (non-hydrogen) atoms. The highest BCUT2D eigenvalue weighted by atomic mass is 16.6. The number of non-ortho nitro benzene ring substituents is 1. The number of nitro groups is 1. The second-order valence-electron chi connectivity index (χ2n) is 6.46. The maximum Gasteiger partial charge on any atom is 0.271 e. The molecule has 0 unspecified atom stereocenters. The molecule has 0 aliphatic heterocycles. The van der Waals surface area contributed by atoms with E-state index in [0.717, 1.165) is 5.56 Å². The van der Waals surface area contributed by atoms with Crippen LogP contribution in [0.2, 0.25) is 0 Å². The smallest absolute Gasteiger partial charge is 0.271 e. The number of hydrogen-bond acceptors (Lipinski definition) is 5. The standard InChI is InChI=1S/C20H20N4O4/c1-13(2)21-20(25)19-12-18(14-7-9-17(28-3)10-8-14)22-23(19)15-5-4-6-16(11-15)24(26)27/h4-13H,1-3H3,(H,21,25). The molecule has 1 heterocycles. The summed E-state index contributed by atoms with van der Waals surface area (Å²) in [4.78, 5) is 23.3. The highest BCUT2D eigenvalue weighted by molar-refractivity contribution is 5.94. The second kappa shape index (κ2) is 7.91. The van der Waals surface area contributed by atoms with Crippen LogP contribution in [0, 0.1) is 10.1 Å². The van der Waals surface area contributed by atoms with Gasteiger partial charge in [-0.3, -0.25) is 14.9 Å². The van der Waals surface area contributed by atoms with Crippen LogP contribution in [-0.2, 0) is 0 Å². The number of nitrogens with zero attached hydrogens (tertiary/aromatic N) is 3. The van der Waals surface area contributed by atoms with Crippen LogP contribution in [0.3, 0.4) is 0 Å². The molecule has 1 amide bonds. The van der Waals surface area contributed by atoms with Crippen molar-refractivity contribution in [2.24, 2.45) is 0 Å². The van der Waals surface area contributed by atoms with Crippen molar-refractivity contribution in [2.75, 3.05) is 7.11 Å². The Labute approximate surface area is 161 Å². The maximum absolute atomic E-state index is 12.7. The van der Waals surface area contributed by atoms with Crippen LogP contribution in [0.4, 0.5) is 5.69 Å². The van der Waals surface area contributed by atoms with Crippen molar-refractivity contribution < 1.29 is 14.5 Å². The third-order valence-electron chi connectivity index (χ3n) is 4.03. The summed E-state index contributed by atoms with van der Waals surface area (Å²) in [5.41, 5.74) is 2.02. The number of nitrogens with one attached hydrogen (secondary N) is 1. The van der Waals surface area contributed by atoms with E-state index in [4.69, 9.17) is 4.74 Å². The van der Waals surface area contributed by atoms with Gasteiger partial charge in [0.2, 0.25) is 0 Å². The zero-order valence-corrected chi connectivity index (χ0v) is 15.7. The molecule has 3 aromatic rings. The summed E-state index contributed by atoms with van der Waals surface area (Å²) in [7, 11) is 1.58. The largest absolute Gasteiger partial charge is 0.497 e. The van der Waals surface area contributed by atoms with E-state index in [1.165, 1.54) is 16.8 Å². The molecule has 0 spiro atoms. The van der Waals surface area contributed by atoms with Crippen LogP contribution in [0.1, 0.15) is 24.3 Å². The summed E-state index contributed by atoms with van der Waals surface area (Å²) < 4.78 is 6.59. The Morgan fingerprint density at radius 3 is 2.50 bits per heavy atom. The molecule has 0 aliphatic rings. The van der Waals surface area contributed by atoms with E-state index in [2.05, 4.69) is 10.4 Å². The van der Waals surface area contributed by atoms with Crippen LogP contribution >= 0.6 is 0 Å². The lowest BCUT2D eigenvalue weighted by molar-refractivity contribution is -0.384. The number of amides is 1. The number of hydrogen-bond donors (Lipinski definition) is 1. The minimum Gasteiger partial charge on any atom is -0.497 e. The molecule has 0 saturated heterocycles. The summed E-state index contributed by atoms with van der Waals surface area (Å²) >= 11 is 0. The molecule has 0 atom stereocenters. The Morgan fingerprint density at radius 2 is 1.89 bits per heavy atom. The van der Waals surface area contributed by atoms with Gasteiger partial charge in [-0.25, -0.2) is 4.68 Å². The first-order valence-corrected chi connectivity index (χ1v) is 8.69. The first kappa shape index (κ1) is 19.1. The summed E-state index contributed by atoms with van der Waals surface area (Å²) in [6.45, 7) is 3.71. The predicted molar refractivity (Wildman–Crippen MR) is 105 cm³/mol. The van der Waals surface area contributed by atoms with E-state index in [-0.39, 0.29) is 17.6 Å². The number of carbonyl (C=O) groups excluding carboxylic acids is 1. The molecule has 8 heteroatoms. The lowest BCUT2D eigenvalue weighted by Crippen LogP contribution is -2.31. The fraction of sp³-hybridized carbons (Fsp3) is 0.200. The number of carbonyl (C=O) groups is 1. The van der Waals surface area contributed by atoms with Gasteiger partial charge >= 0.3 is 0 Å². The van der Waals surface area contributed by atoms with Crippen molar-refractivity contribution in [2.45, 2.75) is 19.9 Å². The zero-order chi connectivity index (χ0) is 20.3. The van der Waals surface area contributed by atoms with Gasteiger partial charge in [0.05, 0.1) is 23.4 Å². The summed E-state index contributed by atoms with van der Waals surface area (Å²) in [6, 6.07) is 14.9. The highest BCUT2D eigenvalue weighted by Crippen LogP contribution is 2.25. The van der Waals surface area contributed by atoms with Crippen LogP contribution in [0.15, 0.2) is 54.6 Å². The topological polar surface area (TPSA) is 99.3 Å². The highest BCUT2D eigenvalue weighted by Gasteiger charge is 2.19. The molecule has 2 aromatic carbocycles. The summed E-state index contributed by atoms with van der Waals surface area (Å²) in [5.74, 6) is 0.397. The van der Waals surface area contributed by atoms with Crippen molar-refractivity contribution in [1.82, 2.24) is 15.1 Å². The van der Waals surface area contributed by atoms with E-state index < -0.39 is 4.92 Å². The Balaban J connectivity index is 2.10. The van der Waals surface area contributed by atoms with Crippen molar-refractivity contribution >= 4 is 11.6 Å². The Kier molecular flexibility index (Phi) is 5.39. The normalized spacial score (nSPS) is 10.7. The predicted octanol–water partition coefficient (Wildman–Crippen LogP) is 3.59. The molecule has 144 valence electrons. The Hall–Kier alpha value is -3.68. The molecule has 0 fully saturated rings. The minimum absolute atomic E-state index is 0.0644. The molecular formula is C20H20N4O4. The minimum atomic E-state index is -0.481. The first-order chi connectivity index (χ1) is 13.4. The SMILES string of the molecule is COc1ccc(-c2cc(C(=O)NC(C)C)n(-c3cccc([N+](=O)[O-])c3)n2)cc1. The average Bonchev–Trinajstić information content (AvgIpc) is 3.13. The monoisotopic (exact) mass is 380 g/mol. The van der Waals surface area contributed by atoms with Crippen LogP contribution < -0.4 is 10.1 Å². The number of ether oxygens (including phenoxy) is 1. The molecule has 0 aliphatic carbocycles. The van der Waals surface area contributed by atoms with Crippen molar-refractivity contribution in [1.29, 1.82) is 0 Å². The first-order valence-electron chi connectivity index (χ1n) is 8.69. The van der Waals surface area contributed by atoms with Crippen LogP contribution in [0.25, 0.3) is 16.9 Å². The fourth-order valence-electron chi connectivity index (χ4n) is 2.72. The molecule has 0 radical (unpaired) electrons. The third-order valence-corrected chi connectivity index (χ3v) is 4.03. The van der Waals surface area contributed by atoms with Gasteiger partial charge < -0.3 is 10.1 Å². The molecule has 0 bridgehead atoms. The van der Waals surface area contributed by atoms with Crippen LogP contribution in [0.5, 0.6) is 5.75 Å². The lowest BCUT2D eigenvalue weighted by atomic mass is 10.1. The lowest BCUT2D eigenvalue weighted by Gasteiger charge is -2.10. The maximum atomic E-state index is 12.7. The van der Waals surface area contributed by atoms with Crippen LogP contribution in [-0.4, -0.2) is 33.8 Å². The molecule has 0 saturated carbocycles. The quantitative estimate of drug-likeness (QED) is 0.520. The fourth-order valence-corrected chi connectivity index (χ4v) is 2.72. The summed E-state index contributed by atoms with van der Waals surface area (Å²) in [6.07, 6.45) is 0. The van der Waals surface area contributed by atoms with E-state index >= 15 is 0 Å². The van der Waals surface area contributed by atoms with E-state index in [1.54, 1.807) is 37.4 Å². The van der Waals surface area contributed by atoms with Crippen molar-refractivity contribution in [3.8, 4) is 22.7 Å². The molecule has 8 nitrogen and oxygen atoms in total. The molecule has 3 rings (SSSR count). The average molecular weight is 380 g/mol. The third kappa shape index (κ3) is 4.01. The number of benzene rings is 2.